The molecule has 2 rings (SSSR count). The highest BCUT2D eigenvalue weighted by atomic mass is 16.5. The number of rotatable bonds is 7. The fourth-order valence-corrected chi connectivity index (χ4v) is 2.52. The molecule has 92 valence electrons. The third kappa shape index (κ3) is 3.91. The summed E-state index contributed by atoms with van der Waals surface area (Å²) in [5, 5.41) is 3.75. The van der Waals surface area contributed by atoms with Crippen LogP contribution >= 0.6 is 0 Å². The van der Waals surface area contributed by atoms with Gasteiger partial charge < -0.3 is 10.1 Å². The van der Waals surface area contributed by atoms with Crippen LogP contribution in [-0.4, -0.2) is 25.8 Å². The van der Waals surface area contributed by atoms with E-state index in [0.29, 0.717) is 0 Å². The van der Waals surface area contributed by atoms with Gasteiger partial charge in [0.1, 0.15) is 0 Å². The first kappa shape index (κ1) is 12.1. The molecule has 0 aromatic carbocycles. The van der Waals surface area contributed by atoms with Crippen molar-refractivity contribution in [3.63, 3.8) is 0 Å². The standard InChI is InChI=1S/C14H25NO/c1-2-3-14(13-4-5-13)15-9-6-12-7-10-16-11-8-12/h7,13-15H,2-6,8-11H2,1H3. The van der Waals surface area contributed by atoms with E-state index in [9.17, 15) is 0 Å². The number of ether oxygens (including phenoxy) is 1. The Hall–Kier alpha value is -0.340. The van der Waals surface area contributed by atoms with Crippen LogP contribution in [0.1, 0.15) is 45.4 Å². The Balaban J connectivity index is 1.63. The van der Waals surface area contributed by atoms with Gasteiger partial charge in [0.25, 0.3) is 0 Å². The predicted octanol–water partition coefficient (Wildman–Crippen LogP) is 2.89. The summed E-state index contributed by atoms with van der Waals surface area (Å²) in [5.74, 6) is 0.989. The maximum Gasteiger partial charge on any atom is 0.0650 e. The quantitative estimate of drug-likeness (QED) is 0.670. The van der Waals surface area contributed by atoms with Crippen molar-refractivity contribution in [2.45, 2.75) is 51.5 Å². The van der Waals surface area contributed by atoms with Gasteiger partial charge in [-0.3, -0.25) is 0 Å². The molecule has 0 spiro atoms. The van der Waals surface area contributed by atoms with Gasteiger partial charge >= 0.3 is 0 Å². The Kier molecular flexibility index (Phi) is 4.86. The minimum atomic E-state index is 0.797. The van der Waals surface area contributed by atoms with Gasteiger partial charge in [-0.15, -0.1) is 0 Å². The van der Waals surface area contributed by atoms with Gasteiger partial charge in [0, 0.05) is 6.04 Å². The Morgan fingerprint density at radius 2 is 2.38 bits per heavy atom. The fourth-order valence-electron chi connectivity index (χ4n) is 2.52. The molecular weight excluding hydrogens is 198 g/mol. The Morgan fingerprint density at radius 3 is 3.00 bits per heavy atom. The van der Waals surface area contributed by atoms with E-state index >= 15 is 0 Å². The summed E-state index contributed by atoms with van der Waals surface area (Å²) in [6.07, 6.45) is 10.2. The molecule has 1 aliphatic carbocycles. The molecule has 1 atom stereocenters. The topological polar surface area (TPSA) is 21.3 Å². The summed E-state index contributed by atoms with van der Waals surface area (Å²) in [6.45, 7) is 5.20. The molecular formula is C14H25NO. The molecule has 1 aliphatic heterocycles. The molecule has 1 unspecified atom stereocenters. The zero-order chi connectivity index (χ0) is 11.2. The van der Waals surface area contributed by atoms with Gasteiger partial charge in [0.05, 0.1) is 13.2 Å². The van der Waals surface area contributed by atoms with Gasteiger partial charge in [-0.05, 0) is 44.6 Å². The molecule has 0 saturated heterocycles. The van der Waals surface area contributed by atoms with Gasteiger partial charge in [0.15, 0.2) is 0 Å². The van der Waals surface area contributed by atoms with E-state index in [2.05, 4.69) is 18.3 Å². The largest absolute Gasteiger partial charge is 0.377 e. The molecule has 1 saturated carbocycles. The van der Waals surface area contributed by atoms with E-state index in [1.54, 1.807) is 5.57 Å². The van der Waals surface area contributed by atoms with E-state index in [-0.39, 0.29) is 0 Å². The number of nitrogens with one attached hydrogen (secondary N) is 1. The molecule has 0 amide bonds. The molecule has 1 fully saturated rings. The molecule has 0 radical (unpaired) electrons. The zero-order valence-corrected chi connectivity index (χ0v) is 10.5. The van der Waals surface area contributed by atoms with Crippen LogP contribution < -0.4 is 5.32 Å². The van der Waals surface area contributed by atoms with Gasteiger partial charge in [0.2, 0.25) is 0 Å². The normalized spacial score (nSPS) is 22.9. The van der Waals surface area contributed by atoms with Crippen LogP contribution in [0.5, 0.6) is 0 Å². The van der Waals surface area contributed by atoms with Crippen molar-refractivity contribution >= 4 is 0 Å². The average molecular weight is 223 g/mol. The minimum absolute atomic E-state index is 0.797. The van der Waals surface area contributed by atoms with Crippen molar-refractivity contribution < 1.29 is 4.74 Å². The van der Waals surface area contributed by atoms with Crippen molar-refractivity contribution in [3.05, 3.63) is 11.6 Å². The van der Waals surface area contributed by atoms with E-state index in [4.69, 9.17) is 4.74 Å². The Bertz CT molecular complexity index is 233. The minimum Gasteiger partial charge on any atom is -0.377 e. The van der Waals surface area contributed by atoms with E-state index in [1.807, 2.05) is 0 Å². The lowest BCUT2D eigenvalue weighted by molar-refractivity contribution is 0.153. The monoisotopic (exact) mass is 223 g/mol. The predicted molar refractivity (Wildman–Crippen MR) is 67.6 cm³/mol. The van der Waals surface area contributed by atoms with Crippen molar-refractivity contribution in [3.8, 4) is 0 Å². The summed E-state index contributed by atoms with van der Waals surface area (Å²) < 4.78 is 5.32. The van der Waals surface area contributed by atoms with E-state index < -0.39 is 0 Å². The lowest BCUT2D eigenvalue weighted by Gasteiger charge is -2.19. The molecule has 2 heteroatoms. The highest BCUT2D eigenvalue weighted by molar-refractivity contribution is 5.05. The van der Waals surface area contributed by atoms with Crippen LogP contribution in [0.2, 0.25) is 0 Å². The second-order valence-corrected chi connectivity index (χ2v) is 5.12. The van der Waals surface area contributed by atoms with Crippen LogP contribution in [0.15, 0.2) is 11.6 Å². The maximum atomic E-state index is 5.32. The fraction of sp³-hybridized carbons (Fsp3) is 0.857. The lowest BCUT2D eigenvalue weighted by Crippen LogP contribution is -2.32. The van der Waals surface area contributed by atoms with Crippen LogP contribution in [0.3, 0.4) is 0 Å². The Labute approximate surface area is 99.4 Å². The summed E-state index contributed by atoms with van der Waals surface area (Å²) in [7, 11) is 0. The first-order chi connectivity index (χ1) is 7.90. The summed E-state index contributed by atoms with van der Waals surface area (Å²) in [5.41, 5.74) is 1.59. The first-order valence-electron chi connectivity index (χ1n) is 6.89. The Morgan fingerprint density at radius 1 is 1.50 bits per heavy atom. The van der Waals surface area contributed by atoms with E-state index in [1.165, 1.54) is 32.1 Å². The number of hydrogen-bond acceptors (Lipinski definition) is 2. The SMILES string of the molecule is CCCC(NCCC1=CCOCC1)C1CC1. The molecule has 2 aliphatic rings. The highest BCUT2D eigenvalue weighted by Gasteiger charge is 2.29. The third-order valence-electron chi connectivity index (χ3n) is 3.70. The van der Waals surface area contributed by atoms with Crippen LogP contribution in [0.4, 0.5) is 0 Å². The third-order valence-corrected chi connectivity index (χ3v) is 3.70. The van der Waals surface area contributed by atoms with Crippen molar-refractivity contribution in [1.29, 1.82) is 0 Å². The van der Waals surface area contributed by atoms with Gasteiger partial charge in [-0.1, -0.05) is 25.0 Å². The average Bonchev–Trinajstić information content (AvgIpc) is 3.13. The molecule has 0 bridgehead atoms. The number of hydrogen-bond donors (Lipinski definition) is 1. The molecule has 16 heavy (non-hydrogen) atoms. The summed E-state index contributed by atoms with van der Waals surface area (Å²) >= 11 is 0. The molecule has 0 aromatic heterocycles. The van der Waals surface area contributed by atoms with Crippen molar-refractivity contribution in [2.75, 3.05) is 19.8 Å². The molecule has 2 nitrogen and oxygen atoms in total. The van der Waals surface area contributed by atoms with Gasteiger partial charge in [-0.25, -0.2) is 0 Å². The molecule has 1 N–H and O–H groups in total. The van der Waals surface area contributed by atoms with Gasteiger partial charge in [-0.2, -0.15) is 0 Å². The summed E-state index contributed by atoms with van der Waals surface area (Å²) in [4.78, 5) is 0. The summed E-state index contributed by atoms with van der Waals surface area (Å²) in [6, 6.07) is 0.797. The smallest absolute Gasteiger partial charge is 0.0650 e. The van der Waals surface area contributed by atoms with E-state index in [0.717, 1.165) is 38.1 Å². The van der Waals surface area contributed by atoms with Crippen LogP contribution in [0.25, 0.3) is 0 Å². The second kappa shape index (κ2) is 6.41. The highest BCUT2D eigenvalue weighted by Crippen LogP contribution is 2.34. The second-order valence-electron chi connectivity index (χ2n) is 5.12. The molecule has 1 heterocycles. The van der Waals surface area contributed by atoms with Crippen molar-refractivity contribution in [2.24, 2.45) is 5.92 Å². The molecule has 0 aromatic rings. The van der Waals surface area contributed by atoms with Crippen LogP contribution in [0, 0.1) is 5.92 Å². The lowest BCUT2D eigenvalue weighted by atomic mass is 10.1. The van der Waals surface area contributed by atoms with Crippen molar-refractivity contribution in [1.82, 2.24) is 5.32 Å². The first-order valence-corrected chi connectivity index (χ1v) is 6.89. The zero-order valence-electron chi connectivity index (χ0n) is 10.5. The van der Waals surface area contributed by atoms with Crippen LogP contribution in [-0.2, 0) is 4.74 Å². The maximum absolute atomic E-state index is 5.32.